The molecule has 0 radical (unpaired) electrons. The monoisotopic (exact) mass is 425 g/mol. The molecule has 5 nitrogen and oxygen atoms in total. The molecule has 27 heavy (non-hydrogen) atoms. The summed E-state index contributed by atoms with van der Waals surface area (Å²) in [7, 11) is 1.71. The van der Waals surface area contributed by atoms with Crippen LogP contribution in [0, 0.1) is 0 Å². The Labute approximate surface area is 177 Å². The van der Waals surface area contributed by atoms with Crippen molar-refractivity contribution in [3.05, 3.63) is 23.8 Å². The fourth-order valence-corrected chi connectivity index (χ4v) is 4.94. The largest absolute Gasteiger partial charge is 0.497 e. The number of fused-ring (bicyclic) bond motifs is 1. The molecule has 8 heteroatoms. The summed E-state index contributed by atoms with van der Waals surface area (Å²) in [6.45, 7) is 9.22. The molecule has 0 bridgehead atoms. The molecule has 1 aromatic carbocycles. The number of piperazine rings is 1. The summed E-state index contributed by atoms with van der Waals surface area (Å²) < 4.78 is 11.1. The standard InChI is InChI=1S/C19H27N3O2S3/c1-14(2)24-19(26)21-8-6-20(7-9-21)18(25)22-10-11-27-17-5-4-16(23-3)12-15(17)13-22/h4-5,12,14H,6-11,13H2,1-3H3. The Morgan fingerprint density at radius 2 is 1.74 bits per heavy atom. The molecule has 1 saturated heterocycles. The SMILES string of the molecule is COc1ccc2c(c1)CN(C(=S)N1CCN(C(=S)OC(C)C)CC1)CCS2. The van der Waals surface area contributed by atoms with Gasteiger partial charge in [-0.3, -0.25) is 0 Å². The minimum Gasteiger partial charge on any atom is -0.497 e. The van der Waals surface area contributed by atoms with E-state index in [0.29, 0.717) is 5.17 Å². The summed E-state index contributed by atoms with van der Waals surface area (Å²) >= 11 is 13.1. The van der Waals surface area contributed by atoms with E-state index < -0.39 is 0 Å². The lowest BCUT2D eigenvalue weighted by Gasteiger charge is -2.40. The third-order valence-corrected chi connectivity index (χ3v) is 6.63. The minimum absolute atomic E-state index is 0.114. The Balaban J connectivity index is 1.60. The predicted octanol–water partition coefficient (Wildman–Crippen LogP) is 3.22. The highest BCUT2D eigenvalue weighted by molar-refractivity contribution is 7.99. The molecule has 0 atom stereocenters. The number of nitrogens with zero attached hydrogens (tertiary/aromatic N) is 3. The number of thiocarbonyl (C=S) groups is 2. The number of ether oxygens (including phenoxy) is 2. The molecule has 2 heterocycles. The van der Waals surface area contributed by atoms with Crippen molar-refractivity contribution in [2.75, 3.05) is 45.6 Å². The van der Waals surface area contributed by atoms with E-state index in [4.69, 9.17) is 33.9 Å². The first kappa shape index (κ1) is 20.5. The first-order chi connectivity index (χ1) is 13.0. The molecule has 148 valence electrons. The number of rotatable bonds is 2. The van der Waals surface area contributed by atoms with E-state index in [-0.39, 0.29) is 6.10 Å². The molecule has 0 aromatic heterocycles. The molecular weight excluding hydrogens is 398 g/mol. The lowest BCUT2D eigenvalue weighted by molar-refractivity contribution is 0.158. The molecule has 0 aliphatic carbocycles. The molecule has 1 fully saturated rings. The van der Waals surface area contributed by atoms with E-state index >= 15 is 0 Å². The van der Waals surface area contributed by atoms with Crippen molar-refractivity contribution in [3.63, 3.8) is 0 Å². The zero-order valence-corrected chi connectivity index (χ0v) is 18.6. The van der Waals surface area contributed by atoms with Gasteiger partial charge in [0.15, 0.2) is 5.11 Å². The van der Waals surface area contributed by atoms with Crippen LogP contribution in [0.3, 0.4) is 0 Å². The van der Waals surface area contributed by atoms with Gasteiger partial charge in [-0.2, -0.15) is 0 Å². The third kappa shape index (κ3) is 5.18. The summed E-state index contributed by atoms with van der Waals surface area (Å²) in [5.41, 5.74) is 1.28. The van der Waals surface area contributed by atoms with Crippen LogP contribution in [0.1, 0.15) is 19.4 Å². The Kier molecular flexibility index (Phi) is 7.05. The van der Waals surface area contributed by atoms with Gasteiger partial charge >= 0.3 is 0 Å². The summed E-state index contributed by atoms with van der Waals surface area (Å²) in [6, 6.07) is 6.31. The van der Waals surface area contributed by atoms with Crippen LogP contribution in [0.4, 0.5) is 0 Å². The molecule has 0 amide bonds. The molecule has 2 aliphatic heterocycles. The van der Waals surface area contributed by atoms with Crippen molar-refractivity contribution in [2.45, 2.75) is 31.4 Å². The average Bonchev–Trinajstić information content (AvgIpc) is 2.88. The number of thioether (sulfide) groups is 1. The Morgan fingerprint density at radius 1 is 1.04 bits per heavy atom. The van der Waals surface area contributed by atoms with Crippen LogP contribution < -0.4 is 4.74 Å². The first-order valence-corrected chi connectivity index (χ1v) is 11.1. The summed E-state index contributed by atoms with van der Waals surface area (Å²) in [5.74, 6) is 1.93. The highest BCUT2D eigenvalue weighted by Gasteiger charge is 2.26. The van der Waals surface area contributed by atoms with Gasteiger partial charge < -0.3 is 24.2 Å². The lowest BCUT2D eigenvalue weighted by Crippen LogP contribution is -2.54. The van der Waals surface area contributed by atoms with E-state index in [0.717, 1.165) is 55.9 Å². The van der Waals surface area contributed by atoms with Crippen molar-refractivity contribution < 1.29 is 9.47 Å². The zero-order valence-electron chi connectivity index (χ0n) is 16.1. The van der Waals surface area contributed by atoms with Gasteiger partial charge in [0.25, 0.3) is 5.17 Å². The average molecular weight is 426 g/mol. The maximum absolute atomic E-state index is 5.85. The van der Waals surface area contributed by atoms with Gasteiger partial charge in [-0.25, -0.2) is 0 Å². The van der Waals surface area contributed by atoms with Crippen LogP contribution in [0.2, 0.25) is 0 Å². The quantitative estimate of drug-likeness (QED) is 0.667. The van der Waals surface area contributed by atoms with Crippen molar-refractivity contribution in [1.29, 1.82) is 0 Å². The van der Waals surface area contributed by atoms with Gasteiger partial charge in [0.05, 0.1) is 13.2 Å². The lowest BCUT2D eigenvalue weighted by atomic mass is 10.2. The van der Waals surface area contributed by atoms with Crippen LogP contribution >= 0.6 is 36.2 Å². The molecule has 0 unspecified atom stereocenters. The van der Waals surface area contributed by atoms with Crippen molar-refractivity contribution in [2.24, 2.45) is 0 Å². The van der Waals surface area contributed by atoms with Gasteiger partial charge in [-0.05, 0) is 62.0 Å². The maximum atomic E-state index is 5.85. The number of methoxy groups -OCH3 is 1. The number of hydrogen-bond donors (Lipinski definition) is 0. The van der Waals surface area contributed by atoms with Crippen LogP contribution in [-0.2, 0) is 11.3 Å². The predicted molar refractivity (Wildman–Crippen MR) is 119 cm³/mol. The Hall–Kier alpha value is -1.25. The molecule has 3 rings (SSSR count). The van der Waals surface area contributed by atoms with Crippen LogP contribution in [0.5, 0.6) is 5.75 Å². The molecule has 0 N–H and O–H groups in total. The third-order valence-electron chi connectivity index (χ3n) is 4.66. The number of benzene rings is 1. The van der Waals surface area contributed by atoms with E-state index in [1.54, 1.807) is 7.11 Å². The Bertz CT molecular complexity index is 691. The van der Waals surface area contributed by atoms with Crippen molar-refractivity contribution in [3.8, 4) is 5.75 Å². The normalized spacial score (nSPS) is 17.4. The van der Waals surface area contributed by atoms with E-state index in [9.17, 15) is 0 Å². The highest BCUT2D eigenvalue weighted by atomic mass is 32.2. The van der Waals surface area contributed by atoms with Gasteiger partial charge in [0.1, 0.15) is 5.75 Å². The summed E-state index contributed by atoms with van der Waals surface area (Å²) in [5, 5.41) is 1.53. The second-order valence-electron chi connectivity index (χ2n) is 6.93. The van der Waals surface area contributed by atoms with E-state index in [2.05, 4.69) is 26.8 Å². The van der Waals surface area contributed by atoms with Gasteiger partial charge in [0, 0.05) is 49.9 Å². The summed E-state index contributed by atoms with van der Waals surface area (Å²) in [6.07, 6.45) is 0.114. The topological polar surface area (TPSA) is 28.2 Å². The first-order valence-electron chi connectivity index (χ1n) is 9.27. The second-order valence-corrected chi connectivity index (χ2v) is 8.78. The van der Waals surface area contributed by atoms with Crippen LogP contribution in [0.25, 0.3) is 0 Å². The molecule has 0 spiro atoms. The minimum atomic E-state index is 0.114. The van der Waals surface area contributed by atoms with Gasteiger partial charge in [-0.15, -0.1) is 11.8 Å². The molecule has 0 saturated carbocycles. The van der Waals surface area contributed by atoms with Gasteiger partial charge in [-0.1, -0.05) is 0 Å². The molecular formula is C19H27N3O2S3. The van der Waals surface area contributed by atoms with Crippen LogP contribution in [0.15, 0.2) is 23.1 Å². The van der Waals surface area contributed by atoms with E-state index in [1.165, 1.54) is 10.5 Å². The zero-order chi connectivity index (χ0) is 19.4. The van der Waals surface area contributed by atoms with E-state index in [1.807, 2.05) is 31.7 Å². The number of hydrogen-bond acceptors (Lipinski definition) is 5. The smallest absolute Gasteiger partial charge is 0.259 e. The van der Waals surface area contributed by atoms with Crippen molar-refractivity contribution >= 4 is 46.5 Å². The molecule has 2 aliphatic rings. The van der Waals surface area contributed by atoms with Crippen molar-refractivity contribution in [1.82, 2.24) is 14.7 Å². The highest BCUT2D eigenvalue weighted by Crippen LogP contribution is 2.31. The van der Waals surface area contributed by atoms with Crippen LogP contribution in [-0.4, -0.2) is 76.7 Å². The van der Waals surface area contributed by atoms with Gasteiger partial charge in [0.2, 0.25) is 0 Å². The fourth-order valence-electron chi connectivity index (χ4n) is 3.22. The Morgan fingerprint density at radius 3 is 2.41 bits per heavy atom. The molecule has 1 aromatic rings. The maximum Gasteiger partial charge on any atom is 0.259 e. The fraction of sp³-hybridized carbons (Fsp3) is 0.579. The second kappa shape index (κ2) is 9.30. The summed E-state index contributed by atoms with van der Waals surface area (Å²) in [4.78, 5) is 8.06.